The third kappa shape index (κ3) is 3.68. The molecule has 2 atom stereocenters. The van der Waals surface area contributed by atoms with Gasteiger partial charge in [-0.3, -0.25) is 0 Å². The Morgan fingerprint density at radius 1 is 1.47 bits per heavy atom. The Labute approximate surface area is 115 Å². The second-order valence-electron chi connectivity index (χ2n) is 4.23. The Hall–Kier alpha value is -0.0900. The maximum atomic E-state index is 6.17. The predicted molar refractivity (Wildman–Crippen MR) is 72.9 cm³/mol. The van der Waals surface area contributed by atoms with Crippen molar-refractivity contribution in [3.05, 3.63) is 34.9 Å². The van der Waals surface area contributed by atoms with Crippen LogP contribution >= 0.6 is 27.5 Å². The number of ether oxygens (including phenoxy) is 2. The molecule has 94 valence electrons. The summed E-state index contributed by atoms with van der Waals surface area (Å²) >= 11 is 9.65. The first-order valence-electron chi connectivity index (χ1n) is 5.81. The molecule has 0 amide bonds. The molecule has 1 aliphatic heterocycles. The number of hydrogen-bond acceptors (Lipinski definition) is 2. The Morgan fingerprint density at radius 3 is 2.94 bits per heavy atom. The van der Waals surface area contributed by atoms with Crippen LogP contribution in [-0.2, 0) is 9.47 Å². The largest absolute Gasteiger partial charge is 0.381 e. The van der Waals surface area contributed by atoms with Crippen molar-refractivity contribution in [2.45, 2.75) is 12.5 Å². The van der Waals surface area contributed by atoms with Crippen molar-refractivity contribution in [2.24, 2.45) is 5.92 Å². The zero-order valence-corrected chi connectivity index (χ0v) is 11.9. The van der Waals surface area contributed by atoms with Crippen molar-refractivity contribution < 1.29 is 9.47 Å². The molecule has 1 aromatic rings. The molecule has 0 saturated carbocycles. The quantitative estimate of drug-likeness (QED) is 0.768. The van der Waals surface area contributed by atoms with E-state index in [1.54, 1.807) is 0 Å². The van der Waals surface area contributed by atoms with E-state index in [4.69, 9.17) is 21.1 Å². The van der Waals surface area contributed by atoms with Crippen LogP contribution in [0, 0.1) is 5.92 Å². The monoisotopic (exact) mass is 318 g/mol. The van der Waals surface area contributed by atoms with E-state index >= 15 is 0 Å². The fraction of sp³-hybridized carbons (Fsp3) is 0.538. The third-order valence-electron chi connectivity index (χ3n) is 2.95. The van der Waals surface area contributed by atoms with Gasteiger partial charge in [-0.2, -0.15) is 0 Å². The first-order valence-corrected chi connectivity index (χ1v) is 7.31. The van der Waals surface area contributed by atoms with Gasteiger partial charge >= 0.3 is 0 Å². The lowest BCUT2D eigenvalue weighted by Crippen LogP contribution is -2.14. The van der Waals surface area contributed by atoms with Gasteiger partial charge in [0.25, 0.3) is 0 Å². The minimum atomic E-state index is 0.0179. The highest BCUT2D eigenvalue weighted by molar-refractivity contribution is 9.09. The zero-order chi connectivity index (χ0) is 12.1. The maximum absolute atomic E-state index is 6.17. The van der Waals surface area contributed by atoms with Crippen molar-refractivity contribution in [1.82, 2.24) is 0 Å². The van der Waals surface area contributed by atoms with Crippen molar-refractivity contribution in [3.63, 3.8) is 0 Å². The second-order valence-corrected chi connectivity index (χ2v) is 5.28. The predicted octanol–water partition coefficient (Wildman–Crippen LogP) is 3.83. The van der Waals surface area contributed by atoms with Crippen LogP contribution in [0.3, 0.4) is 0 Å². The van der Waals surface area contributed by atoms with Gasteiger partial charge in [0, 0.05) is 28.4 Å². The molecule has 4 heteroatoms. The van der Waals surface area contributed by atoms with Crippen molar-refractivity contribution >= 4 is 27.5 Å². The highest BCUT2D eigenvalue weighted by Crippen LogP contribution is 2.28. The van der Waals surface area contributed by atoms with Gasteiger partial charge in [0.05, 0.1) is 19.3 Å². The van der Waals surface area contributed by atoms with Gasteiger partial charge in [-0.25, -0.2) is 0 Å². The summed E-state index contributed by atoms with van der Waals surface area (Å²) in [4.78, 5) is 0. The summed E-state index contributed by atoms with van der Waals surface area (Å²) in [5.41, 5.74) is 1.05. The molecule has 1 saturated heterocycles. The van der Waals surface area contributed by atoms with Gasteiger partial charge in [0.15, 0.2) is 0 Å². The summed E-state index contributed by atoms with van der Waals surface area (Å²) in [5.74, 6) is 0.527. The van der Waals surface area contributed by atoms with Crippen LogP contribution in [0.4, 0.5) is 0 Å². The van der Waals surface area contributed by atoms with Crippen molar-refractivity contribution in [3.8, 4) is 0 Å². The molecule has 2 rings (SSSR count). The van der Waals surface area contributed by atoms with Crippen LogP contribution in [0.2, 0.25) is 5.02 Å². The number of benzene rings is 1. The molecule has 0 aromatic heterocycles. The number of halogens is 2. The number of alkyl halides is 1. The third-order valence-corrected chi connectivity index (χ3v) is 3.88. The van der Waals surface area contributed by atoms with Crippen molar-refractivity contribution in [2.75, 3.05) is 25.2 Å². The minimum Gasteiger partial charge on any atom is -0.381 e. The van der Waals surface area contributed by atoms with Gasteiger partial charge in [-0.05, 0) is 12.5 Å². The second kappa shape index (κ2) is 6.74. The van der Waals surface area contributed by atoms with Gasteiger partial charge in [-0.1, -0.05) is 45.7 Å². The Morgan fingerprint density at radius 2 is 2.29 bits per heavy atom. The highest BCUT2D eigenvalue weighted by Gasteiger charge is 2.19. The van der Waals surface area contributed by atoms with E-state index in [2.05, 4.69) is 15.9 Å². The SMILES string of the molecule is Clc1ccccc1C(CBr)OCC1CCOC1. The van der Waals surface area contributed by atoms with Crippen LogP contribution in [0.25, 0.3) is 0 Å². The van der Waals surface area contributed by atoms with Crippen LogP contribution in [0.1, 0.15) is 18.1 Å². The summed E-state index contributed by atoms with van der Waals surface area (Å²) in [6.45, 7) is 2.41. The average molecular weight is 320 g/mol. The molecule has 17 heavy (non-hydrogen) atoms. The lowest BCUT2D eigenvalue weighted by atomic mass is 10.1. The molecule has 0 bridgehead atoms. The molecule has 2 unspecified atom stereocenters. The van der Waals surface area contributed by atoms with Gasteiger partial charge < -0.3 is 9.47 Å². The molecule has 1 aliphatic rings. The van der Waals surface area contributed by atoms with Crippen LogP contribution < -0.4 is 0 Å². The summed E-state index contributed by atoms with van der Waals surface area (Å²) in [6.07, 6.45) is 1.11. The molecule has 1 fully saturated rings. The van der Waals surface area contributed by atoms with E-state index in [9.17, 15) is 0 Å². The first-order chi connectivity index (χ1) is 8.31. The molecule has 2 nitrogen and oxygen atoms in total. The molecule has 1 aromatic carbocycles. The maximum Gasteiger partial charge on any atom is 0.0936 e. The van der Waals surface area contributed by atoms with Crippen LogP contribution in [0.5, 0.6) is 0 Å². The Kier molecular flexibility index (Phi) is 5.29. The molecule has 0 aliphatic carbocycles. The molecular formula is C13H16BrClO2. The van der Waals surface area contributed by atoms with Crippen LogP contribution in [-0.4, -0.2) is 25.2 Å². The lowest BCUT2D eigenvalue weighted by Gasteiger charge is -2.19. The van der Waals surface area contributed by atoms with Gasteiger partial charge in [0.1, 0.15) is 0 Å². The van der Waals surface area contributed by atoms with E-state index < -0.39 is 0 Å². The topological polar surface area (TPSA) is 18.5 Å². The van der Waals surface area contributed by atoms with E-state index in [-0.39, 0.29) is 6.10 Å². The number of hydrogen-bond donors (Lipinski definition) is 0. The number of rotatable bonds is 5. The van der Waals surface area contributed by atoms with Crippen LogP contribution in [0.15, 0.2) is 24.3 Å². The summed E-state index contributed by atoms with van der Waals surface area (Å²) in [7, 11) is 0. The lowest BCUT2D eigenvalue weighted by molar-refractivity contribution is 0.0393. The summed E-state index contributed by atoms with van der Waals surface area (Å²) < 4.78 is 11.3. The summed E-state index contributed by atoms with van der Waals surface area (Å²) in [6, 6.07) is 7.83. The van der Waals surface area contributed by atoms with Gasteiger partial charge in [0.2, 0.25) is 0 Å². The highest BCUT2D eigenvalue weighted by atomic mass is 79.9. The Bertz CT molecular complexity index is 353. The molecule has 0 radical (unpaired) electrons. The molecule has 0 spiro atoms. The summed E-state index contributed by atoms with van der Waals surface area (Å²) in [5, 5.41) is 1.52. The molecule has 0 N–H and O–H groups in total. The fourth-order valence-corrected chi connectivity index (χ4v) is 2.71. The zero-order valence-electron chi connectivity index (χ0n) is 9.57. The van der Waals surface area contributed by atoms with E-state index in [1.807, 2.05) is 24.3 Å². The Balaban J connectivity index is 1.94. The van der Waals surface area contributed by atoms with Crippen molar-refractivity contribution in [1.29, 1.82) is 0 Å². The van der Waals surface area contributed by atoms with E-state index in [1.165, 1.54) is 0 Å². The standard InChI is InChI=1S/C13H16BrClO2/c14-7-13(11-3-1-2-4-12(11)15)17-9-10-5-6-16-8-10/h1-4,10,13H,5-9H2. The normalized spacial score (nSPS) is 21.6. The van der Waals surface area contributed by atoms with Gasteiger partial charge in [-0.15, -0.1) is 0 Å². The minimum absolute atomic E-state index is 0.0179. The average Bonchev–Trinajstić information content (AvgIpc) is 2.85. The molecule has 1 heterocycles. The van der Waals surface area contributed by atoms with E-state index in [0.717, 1.165) is 42.2 Å². The molecular weight excluding hydrogens is 303 g/mol. The fourth-order valence-electron chi connectivity index (χ4n) is 1.92. The first kappa shape index (κ1) is 13.3. The smallest absolute Gasteiger partial charge is 0.0936 e. The van der Waals surface area contributed by atoms with E-state index in [0.29, 0.717) is 5.92 Å².